The van der Waals surface area contributed by atoms with E-state index < -0.39 is 6.03 Å². The third kappa shape index (κ3) is 3.42. The van der Waals surface area contributed by atoms with Crippen molar-refractivity contribution in [2.45, 2.75) is 0 Å². The molecule has 0 aromatic rings. The summed E-state index contributed by atoms with van der Waals surface area (Å²) in [6.07, 6.45) is 0. The second-order valence-corrected chi connectivity index (χ2v) is 3.87. The average molecular weight is 244 g/mol. The molecule has 6 N–H and O–H groups in total. The molecular weight excluding hydrogens is 232 g/mol. The van der Waals surface area contributed by atoms with Crippen molar-refractivity contribution in [3.63, 3.8) is 0 Å². The number of carbonyl (C=O) groups excluding carboxylic acids is 2. The summed E-state index contributed by atoms with van der Waals surface area (Å²) < 4.78 is 0. The molecule has 1 heterocycles. The lowest BCUT2D eigenvalue weighted by molar-refractivity contribution is -0.124. The Hall–Kier alpha value is -1.77. The number of imide groups is 1. The number of amidine groups is 1. The molecule has 0 radical (unpaired) electrons. The third-order valence-electron chi connectivity index (χ3n) is 1.72. The summed E-state index contributed by atoms with van der Waals surface area (Å²) in [5, 5.41) is 9.62. The van der Waals surface area contributed by atoms with Crippen LogP contribution >= 0.6 is 11.8 Å². The van der Waals surface area contributed by atoms with Crippen LogP contribution in [0.4, 0.5) is 4.79 Å². The van der Waals surface area contributed by atoms with Gasteiger partial charge in [0.2, 0.25) is 5.91 Å². The van der Waals surface area contributed by atoms with E-state index in [1.54, 1.807) is 0 Å². The molecule has 1 aliphatic rings. The molecule has 1 rings (SSSR count). The zero-order chi connectivity index (χ0) is 12.1. The first kappa shape index (κ1) is 12.3. The zero-order valence-electron chi connectivity index (χ0n) is 8.40. The highest BCUT2D eigenvalue weighted by atomic mass is 32.2. The van der Waals surface area contributed by atoms with Crippen molar-refractivity contribution in [2.75, 3.05) is 18.8 Å². The van der Waals surface area contributed by atoms with Gasteiger partial charge in [0.25, 0.3) is 0 Å². The van der Waals surface area contributed by atoms with E-state index in [4.69, 9.17) is 16.9 Å². The SMILES string of the molecule is N=C(N=C(N)N)SCC(=O)N1CCNC1=O. The van der Waals surface area contributed by atoms with Gasteiger partial charge in [-0.1, -0.05) is 11.8 Å². The van der Waals surface area contributed by atoms with Gasteiger partial charge in [0, 0.05) is 13.1 Å². The lowest BCUT2D eigenvalue weighted by Gasteiger charge is -2.10. The van der Waals surface area contributed by atoms with Gasteiger partial charge in [0.05, 0.1) is 5.75 Å². The molecule has 0 atom stereocenters. The number of amides is 3. The molecular formula is C7H12N6O2S. The molecule has 0 aromatic heterocycles. The Morgan fingerprint density at radius 3 is 2.81 bits per heavy atom. The van der Waals surface area contributed by atoms with E-state index in [-0.39, 0.29) is 22.8 Å². The average Bonchev–Trinajstić information content (AvgIpc) is 2.60. The zero-order valence-corrected chi connectivity index (χ0v) is 9.21. The summed E-state index contributed by atoms with van der Waals surface area (Å²) in [5.41, 5.74) is 10.1. The van der Waals surface area contributed by atoms with E-state index in [1.807, 2.05) is 0 Å². The standard InChI is InChI=1S/C7H12N6O2S/c8-5(9)12-6(10)16-3-4(14)13-2-1-11-7(13)15/h1-3H2,(H,11,15)(H5,8,9,10,12). The Kier molecular flexibility index (Phi) is 4.11. The van der Waals surface area contributed by atoms with E-state index in [9.17, 15) is 9.59 Å². The molecule has 1 fully saturated rings. The van der Waals surface area contributed by atoms with Gasteiger partial charge in [0.1, 0.15) is 0 Å². The van der Waals surface area contributed by atoms with Crippen LogP contribution in [0.5, 0.6) is 0 Å². The Bertz CT molecular complexity index is 351. The molecule has 0 bridgehead atoms. The minimum Gasteiger partial charge on any atom is -0.370 e. The van der Waals surface area contributed by atoms with Crippen molar-refractivity contribution in [1.82, 2.24) is 10.2 Å². The summed E-state index contributed by atoms with van der Waals surface area (Å²) in [6, 6.07) is -0.404. The highest BCUT2D eigenvalue weighted by Crippen LogP contribution is 2.07. The monoisotopic (exact) mass is 244 g/mol. The molecule has 0 aromatic carbocycles. The van der Waals surface area contributed by atoms with Crippen molar-refractivity contribution in [3.05, 3.63) is 0 Å². The highest BCUT2D eigenvalue weighted by Gasteiger charge is 2.25. The minimum atomic E-state index is -0.404. The summed E-state index contributed by atoms with van der Waals surface area (Å²) in [4.78, 5) is 27.1. The van der Waals surface area contributed by atoms with Crippen molar-refractivity contribution in [2.24, 2.45) is 16.5 Å². The number of hydrogen-bond donors (Lipinski definition) is 4. The van der Waals surface area contributed by atoms with Crippen LogP contribution in [0.2, 0.25) is 0 Å². The largest absolute Gasteiger partial charge is 0.370 e. The maximum absolute atomic E-state index is 11.5. The van der Waals surface area contributed by atoms with Crippen LogP contribution in [0.1, 0.15) is 0 Å². The predicted molar refractivity (Wildman–Crippen MR) is 61.1 cm³/mol. The Balaban J connectivity index is 2.38. The van der Waals surface area contributed by atoms with Gasteiger partial charge in [-0.2, -0.15) is 4.99 Å². The lowest BCUT2D eigenvalue weighted by atomic mass is 10.5. The summed E-state index contributed by atoms with van der Waals surface area (Å²) >= 11 is 0.866. The molecule has 0 spiro atoms. The second-order valence-electron chi connectivity index (χ2n) is 2.91. The minimum absolute atomic E-state index is 0.0387. The van der Waals surface area contributed by atoms with E-state index >= 15 is 0 Å². The van der Waals surface area contributed by atoms with Crippen LogP contribution in [0.25, 0.3) is 0 Å². The number of carbonyl (C=O) groups is 2. The molecule has 1 aliphatic heterocycles. The maximum Gasteiger partial charge on any atom is 0.324 e. The topological polar surface area (TPSA) is 138 Å². The van der Waals surface area contributed by atoms with Crippen LogP contribution in [-0.2, 0) is 4.79 Å². The molecule has 1 saturated heterocycles. The molecule has 0 aliphatic carbocycles. The fourth-order valence-electron chi connectivity index (χ4n) is 1.07. The summed E-state index contributed by atoms with van der Waals surface area (Å²) in [6.45, 7) is 0.814. The number of nitrogens with zero attached hydrogens (tertiary/aromatic N) is 2. The number of thioether (sulfide) groups is 1. The Morgan fingerprint density at radius 1 is 1.62 bits per heavy atom. The van der Waals surface area contributed by atoms with E-state index in [1.165, 1.54) is 0 Å². The number of guanidine groups is 1. The van der Waals surface area contributed by atoms with Crippen LogP contribution < -0.4 is 16.8 Å². The van der Waals surface area contributed by atoms with Crippen molar-refractivity contribution in [1.29, 1.82) is 5.41 Å². The number of nitrogens with one attached hydrogen (secondary N) is 2. The van der Waals surface area contributed by atoms with Gasteiger partial charge < -0.3 is 16.8 Å². The molecule has 9 heteroatoms. The number of hydrogen-bond acceptors (Lipinski definition) is 4. The Morgan fingerprint density at radius 2 is 2.31 bits per heavy atom. The van der Waals surface area contributed by atoms with Crippen LogP contribution in [0.3, 0.4) is 0 Å². The van der Waals surface area contributed by atoms with Crippen molar-refractivity contribution in [3.8, 4) is 0 Å². The van der Waals surface area contributed by atoms with Gasteiger partial charge in [-0.15, -0.1) is 0 Å². The first-order valence-electron chi connectivity index (χ1n) is 4.40. The van der Waals surface area contributed by atoms with Crippen molar-refractivity contribution < 1.29 is 9.59 Å². The highest BCUT2D eigenvalue weighted by molar-refractivity contribution is 8.14. The van der Waals surface area contributed by atoms with Crippen LogP contribution in [-0.4, -0.2) is 46.8 Å². The number of aliphatic imine (C=N–C) groups is 1. The normalized spacial score (nSPS) is 14.5. The van der Waals surface area contributed by atoms with Gasteiger partial charge in [-0.05, 0) is 0 Å². The molecule has 0 unspecified atom stereocenters. The summed E-state index contributed by atoms with van der Waals surface area (Å²) in [5.74, 6) is -0.636. The van der Waals surface area contributed by atoms with E-state index in [0.717, 1.165) is 16.7 Å². The predicted octanol–water partition coefficient (Wildman–Crippen LogP) is -1.52. The first-order chi connectivity index (χ1) is 7.50. The molecule has 16 heavy (non-hydrogen) atoms. The van der Waals surface area contributed by atoms with E-state index in [2.05, 4.69) is 10.3 Å². The fourth-order valence-corrected chi connectivity index (χ4v) is 1.65. The lowest BCUT2D eigenvalue weighted by Crippen LogP contribution is -2.35. The van der Waals surface area contributed by atoms with Gasteiger partial charge in [0.15, 0.2) is 11.1 Å². The molecule has 3 amide bonds. The molecule has 88 valence electrons. The smallest absolute Gasteiger partial charge is 0.324 e. The number of urea groups is 1. The van der Waals surface area contributed by atoms with Gasteiger partial charge in [-0.25, -0.2) is 4.79 Å². The fraction of sp³-hybridized carbons (Fsp3) is 0.429. The Labute approximate surface area is 95.9 Å². The number of rotatable bonds is 2. The number of nitrogens with two attached hydrogens (primary N) is 2. The van der Waals surface area contributed by atoms with Gasteiger partial charge >= 0.3 is 6.03 Å². The molecule has 8 nitrogen and oxygen atoms in total. The quantitative estimate of drug-likeness (QED) is 0.345. The van der Waals surface area contributed by atoms with Crippen LogP contribution in [0, 0.1) is 5.41 Å². The van der Waals surface area contributed by atoms with E-state index in [0.29, 0.717) is 13.1 Å². The maximum atomic E-state index is 11.5. The first-order valence-corrected chi connectivity index (χ1v) is 5.38. The second kappa shape index (κ2) is 5.35. The third-order valence-corrected chi connectivity index (χ3v) is 2.48. The van der Waals surface area contributed by atoms with Crippen LogP contribution in [0.15, 0.2) is 4.99 Å². The van der Waals surface area contributed by atoms with Crippen molar-refractivity contribution >= 4 is 34.8 Å². The summed E-state index contributed by atoms with van der Waals surface area (Å²) in [7, 11) is 0. The molecule has 0 saturated carbocycles. The van der Waals surface area contributed by atoms with Gasteiger partial charge in [-0.3, -0.25) is 15.1 Å².